The SMILES string of the molecule is CCCCCCC/C=C\C/C=C\C/C=C\CCCCCCCCCCCCCCC(=O)NC(COP(=O)(O)OCC[N+](C)(C)C)C(O)/C=C/CC/C=C/CC/C=C/CCCCCCCCCCCCCCC. The van der Waals surface area contributed by atoms with Crippen molar-refractivity contribution in [1.82, 2.24) is 5.32 Å². The van der Waals surface area contributed by atoms with Gasteiger partial charge in [0, 0.05) is 6.42 Å². The van der Waals surface area contributed by atoms with E-state index in [4.69, 9.17) is 9.05 Å². The number of allylic oxidation sites excluding steroid dienone is 11. The average Bonchev–Trinajstić information content (AvgIpc) is 3.34. The fourth-order valence-electron chi connectivity index (χ4n) is 8.61. The van der Waals surface area contributed by atoms with Crippen LogP contribution >= 0.6 is 7.82 Å². The van der Waals surface area contributed by atoms with Gasteiger partial charge in [-0.3, -0.25) is 13.8 Å². The van der Waals surface area contributed by atoms with Crippen molar-refractivity contribution in [2.75, 3.05) is 40.9 Å². The second kappa shape index (κ2) is 53.8. The van der Waals surface area contributed by atoms with E-state index in [-0.39, 0.29) is 19.1 Å². The molecule has 0 aromatic heterocycles. The number of nitrogens with one attached hydrogen (secondary N) is 1. The van der Waals surface area contributed by atoms with Crippen LogP contribution in [0, 0.1) is 0 Å². The lowest BCUT2D eigenvalue weighted by atomic mass is 10.0. The molecule has 72 heavy (non-hydrogen) atoms. The Hall–Kier alpha value is -2.06. The van der Waals surface area contributed by atoms with Crippen molar-refractivity contribution in [3.63, 3.8) is 0 Å². The molecule has 3 N–H and O–H groups in total. The maximum absolute atomic E-state index is 13.0. The molecule has 0 fully saturated rings. The molecule has 0 aromatic rings. The van der Waals surface area contributed by atoms with E-state index in [1.165, 1.54) is 193 Å². The summed E-state index contributed by atoms with van der Waals surface area (Å²) >= 11 is 0. The number of carbonyl (C=O) groups excluding carboxylic acids is 1. The number of amides is 1. The molecule has 0 radical (unpaired) electrons. The molecule has 0 aromatic carbocycles. The van der Waals surface area contributed by atoms with Gasteiger partial charge in [-0.15, -0.1) is 0 Å². The smallest absolute Gasteiger partial charge is 0.387 e. The quantitative estimate of drug-likeness (QED) is 0.0243. The van der Waals surface area contributed by atoms with E-state index in [1.807, 2.05) is 27.2 Å². The molecule has 3 unspecified atom stereocenters. The van der Waals surface area contributed by atoms with Crippen LogP contribution in [-0.2, 0) is 18.4 Å². The number of phosphoric acid groups is 1. The number of hydrogen-bond donors (Lipinski definition) is 3. The average molecular weight is 1030 g/mol. The molecule has 0 bridgehead atoms. The van der Waals surface area contributed by atoms with Crippen LogP contribution in [0.4, 0.5) is 0 Å². The van der Waals surface area contributed by atoms with Crippen LogP contribution in [0.2, 0.25) is 0 Å². The van der Waals surface area contributed by atoms with E-state index >= 15 is 0 Å². The molecular formula is C63H118N2O6P+. The summed E-state index contributed by atoms with van der Waals surface area (Å²) in [6.45, 7) is 4.79. The first kappa shape index (κ1) is 69.9. The Kier molecular flexibility index (Phi) is 52.2. The number of nitrogens with zero attached hydrogens (tertiary/aromatic N) is 1. The molecule has 0 aliphatic rings. The summed E-state index contributed by atoms with van der Waals surface area (Å²) in [5.74, 6) is -0.193. The van der Waals surface area contributed by atoms with E-state index in [1.54, 1.807) is 6.08 Å². The second-order valence-corrected chi connectivity index (χ2v) is 23.2. The third-order valence-corrected chi connectivity index (χ3v) is 14.4. The second-order valence-electron chi connectivity index (χ2n) is 21.7. The third kappa shape index (κ3) is 55.7. The number of quaternary nitrogens is 1. The predicted octanol–water partition coefficient (Wildman–Crippen LogP) is 18.7. The van der Waals surface area contributed by atoms with Gasteiger partial charge in [0.2, 0.25) is 5.91 Å². The highest BCUT2D eigenvalue weighted by atomic mass is 31.2. The zero-order valence-corrected chi connectivity index (χ0v) is 48.8. The fraction of sp³-hybridized carbons (Fsp3) is 0.794. The first-order valence-corrected chi connectivity index (χ1v) is 31.8. The highest BCUT2D eigenvalue weighted by Crippen LogP contribution is 2.43. The molecule has 3 atom stereocenters. The molecule has 0 aliphatic heterocycles. The first-order valence-electron chi connectivity index (χ1n) is 30.3. The third-order valence-electron chi connectivity index (χ3n) is 13.4. The standard InChI is InChI=1S/C63H117N2O6P/c1-6-8-10-12-14-16-18-20-22-24-26-28-30-31-32-33-35-37-39-41-43-45-47-49-51-53-55-57-63(67)64-61(60-71-72(68,69)70-59-58-65(3,4)5)62(66)56-54-52-50-48-46-44-42-40-38-36-34-29-27-25-23-21-19-17-15-13-11-9-7-2/h18,20,24,26,30-31,38,40,46,48,54,56,61-62,66H,6-17,19,21-23,25,27-29,32-37,39,41-45,47,49-53,55,57-60H2,1-5H3,(H-,64,67,68,69)/p+1/b20-18-,26-24-,31-30-,40-38+,48-46+,56-54+. The van der Waals surface area contributed by atoms with Crippen LogP contribution in [0.3, 0.4) is 0 Å². The minimum absolute atomic E-state index is 0.0509. The Morgan fingerprint density at radius 1 is 0.472 bits per heavy atom. The van der Waals surface area contributed by atoms with E-state index in [0.717, 1.165) is 57.8 Å². The summed E-state index contributed by atoms with van der Waals surface area (Å²) in [6, 6.07) is -0.875. The van der Waals surface area contributed by atoms with Crippen molar-refractivity contribution in [2.24, 2.45) is 0 Å². The molecule has 0 spiro atoms. The van der Waals surface area contributed by atoms with Gasteiger partial charge in [0.15, 0.2) is 0 Å². The summed E-state index contributed by atoms with van der Waals surface area (Å²) in [5.41, 5.74) is 0. The summed E-state index contributed by atoms with van der Waals surface area (Å²) in [5, 5.41) is 13.9. The van der Waals surface area contributed by atoms with Crippen LogP contribution in [-0.4, -0.2) is 73.4 Å². The molecule has 0 rings (SSSR count). The number of hydrogen-bond acceptors (Lipinski definition) is 5. The van der Waals surface area contributed by atoms with Gasteiger partial charge in [0.05, 0.1) is 39.9 Å². The number of carbonyl (C=O) groups is 1. The highest BCUT2D eigenvalue weighted by molar-refractivity contribution is 7.47. The van der Waals surface area contributed by atoms with E-state index < -0.39 is 20.0 Å². The Morgan fingerprint density at radius 3 is 1.21 bits per heavy atom. The van der Waals surface area contributed by atoms with Gasteiger partial charge in [-0.25, -0.2) is 4.57 Å². The van der Waals surface area contributed by atoms with E-state index in [0.29, 0.717) is 17.4 Å². The van der Waals surface area contributed by atoms with Crippen LogP contribution < -0.4 is 5.32 Å². The molecule has 1 amide bonds. The molecule has 8 nitrogen and oxygen atoms in total. The number of phosphoric ester groups is 1. The molecular weight excluding hydrogens is 912 g/mol. The number of likely N-dealkylation sites (N-methyl/N-ethyl adjacent to an activating group) is 1. The number of unbranched alkanes of at least 4 members (excludes halogenated alkanes) is 32. The lowest BCUT2D eigenvalue weighted by Gasteiger charge is -2.25. The molecule has 9 heteroatoms. The lowest BCUT2D eigenvalue weighted by molar-refractivity contribution is -0.870. The van der Waals surface area contributed by atoms with Gasteiger partial charge in [0.1, 0.15) is 13.2 Å². The van der Waals surface area contributed by atoms with Crippen LogP contribution in [0.15, 0.2) is 72.9 Å². The molecule has 0 saturated carbocycles. The Bertz CT molecular complexity index is 1400. The highest BCUT2D eigenvalue weighted by Gasteiger charge is 2.27. The van der Waals surface area contributed by atoms with Crippen molar-refractivity contribution in [3.8, 4) is 0 Å². The van der Waals surface area contributed by atoms with Crippen LogP contribution in [0.5, 0.6) is 0 Å². The number of aliphatic hydroxyl groups excluding tert-OH is 1. The maximum Gasteiger partial charge on any atom is 0.472 e. The number of aliphatic hydroxyl groups is 1. The minimum Gasteiger partial charge on any atom is -0.387 e. The summed E-state index contributed by atoms with van der Waals surface area (Å²) in [7, 11) is 1.54. The van der Waals surface area contributed by atoms with E-state index in [9.17, 15) is 19.4 Å². The Morgan fingerprint density at radius 2 is 0.806 bits per heavy atom. The summed E-state index contributed by atoms with van der Waals surface area (Å²) in [4.78, 5) is 23.3. The monoisotopic (exact) mass is 1030 g/mol. The normalized spacial score (nSPS) is 14.4. The van der Waals surface area contributed by atoms with Crippen LogP contribution in [0.1, 0.15) is 271 Å². The van der Waals surface area contributed by atoms with Crippen molar-refractivity contribution < 1.29 is 32.9 Å². The minimum atomic E-state index is -4.36. The number of rotatable bonds is 55. The molecule has 0 aliphatic carbocycles. The fourth-order valence-corrected chi connectivity index (χ4v) is 9.35. The van der Waals surface area contributed by atoms with Crippen molar-refractivity contribution in [1.29, 1.82) is 0 Å². The Labute approximate surface area is 446 Å². The van der Waals surface area contributed by atoms with Crippen molar-refractivity contribution in [2.45, 2.75) is 283 Å². The zero-order valence-electron chi connectivity index (χ0n) is 47.9. The van der Waals surface area contributed by atoms with Gasteiger partial charge in [-0.2, -0.15) is 0 Å². The zero-order chi connectivity index (χ0) is 52.7. The van der Waals surface area contributed by atoms with Crippen molar-refractivity contribution >= 4 is 13.7 Å². The summed E-state index contributed by atoms with van der Waals surface area (Å²) in [6.07, 6.45) is 74.4. The summed E-state index contributed by atoms with van der Waals surface area (Å²) < 4.78 is 23.7. The largest absolute Gasteiger partial charge is 0.472 e. The molecule has 0 saturated heterocycles. The maximum atomic E-state index is 13.0. The molecule has 420 valence electrons. The molecule has 0 heterocycles. The van der Waals surface area contributed by atoms with Crippen molar-refractivity contribution in [3.05, 3.63) is 72.9 Å². The topological polar surface area (TPSA) is 105 Å². The van der Waals surface area contributed by atoms with E-state index in [2.05, 4.69) is 79.9 Å². The van der Waals surface area contributed by atoms with Gasteiger partial charge < -0.3 is 19.8 Å². The first-order chi connectivity index (χ1) is 35.0. The Balaban J connectivity index is 4.26. The lowest BCUT2D eigenvalue weighted by Crippen LogP contribution is -2.45. The van der Waals surface area contributed by atoms with Gasteiger partial charge in [0.25, 0.3) is 0 Å². The van der Waals surface area contributed by atoms with Crippen LogP contribution in [0.25, 0.3) is 0 Å². The van der Waals surface area contributed by atoms with Gasteiger partial charge in [-0.1, -0.05) is 254 Å². The van der Waals surface area contributed by atoms with Gasteiger partial charge >= 0.3 is 7.82 Å². The predicted molar refractivity (Wildman–Crippen MR) is 313 cm³/mol. The van der Waals surface area contributed by atoms with Gasteiger partial charge in [-0.05, 0) is 83.5 Å².